The molecule has 0 saturated heterocycles. The highest BCUT2D eigenvalue weighted by atomic mass is 16.4. The first-order chi connectivity index (χ1) is 7.67. The lowest BCUT2D eigenvalue weighted by atomic mass is 10.0. The Labute approximate surface area is 92.9 Å². The lowest BCUT2D eigenvalue weighted by Gasteiger charge is -2.05. The van der Waals surface area contributed by atoms with E-state index >= 15 is 0 Å². The summed E-state index contributed by atoms with van der Waals surface area (Å²) in [5, 5.41) is 9.81. The Balaban J connectivity index is 2.99. The van der Waals surface area contributed by atoms with E-state index < -0.39 is 5.63 Å². The third kappa shape index (κ3) is 1.49. The minimum atomic E-state index is -0.546. The fourth-order valence-electron chi connectivity index (χ4n) is 1.86. The van der Waals surface area contributed by atoms with Gasteiger partial charge in [0, 0.05) is 5.39 Å². The van der Waals surface area contributed by atoms with Crippen molar-refractivity contribution in [2.75, 3.05) is 0 Å². The van der Waals surface area contributed by atoms with Crippen LogP contribution in [0.3, 0.4) is 0 Å². The van der Waals surface area contributed by atoms with Gasteiger partial charge in [-0.1, -0.05) is 18.6 Å². The van der Waals surface area contributed by atoms with E-state index in [0.29, 0.717) is 12.0 Å². The standard InChI is InChI=1S/C13H11NO2/c1-3-9-10-6-8(2)4-5-12(10)16-13(15)11(9)7-14/h4-6H,3H2,1-2H3. The smallest absolute Gasteiger partial charge is 0.354 e. The molecule has 0 bridgehead atoms. The van der Waals surface area contributed by atoms with Crippen LogP contribution in [0.5, 0.6) is 0 Å². The average molecular weight is 213 g/mol. The Hall–Kier alpha value is -2.08. The second-order valence-corrected chi connectivity index (χ2v) is 3.71. The highest BCUT2D eigenvalue weighted by Crippen LogP contribution is 2.21. The zero-order valence-corrected chi connectivity index (χ0v) is 9.20. The Kier molecular flexibility index (Phi) is 2.49. The maximum absolute atomic E-state index is 11.5. The summed E-state index contributed by atoms with van der Waals surface area (Å²) >= 11 is 0. The summed E-state index contributed by atoms with van der Waals surface area (Å²) in [6, 6.07) is 7.52. The number of fused-ring (bicyclic) bond motifs is 1. The van der Waals surface area contributed by atoms with Gasteiger partial charge in [0.15, 0.2) is 0 Å². The van der Waals surface area contributed by atoms with Crippen molar-refractivity contribution in [2.24, 2.45) is 0 Å². The number of nitrogens with zero attached hydrogens (tertiary/aromatic N) is 1. The van der Waals surface area contributed by atoms with Gasteiger partial charge < -0.3 is 4.42 Å². The lowest BCUT2D eigenvalue weighted by molar-refractivity contribution is 0.556. The summed E-state index contributed by atoms with van der Waals surface area (Å²) < 4.78 is 5.10. The van der Waals surface area contributed by atoms with E-state index in [2.05, 4.69) is 0 Å². The van der Waals surface area contributed by atoms with Crippen LogP contribution in [0.25, 0.3) is 11.0 Å². The van der Waals surface area contributed by atoms with Gasteiger partial charge in [-0.05, 0) is 31.0 Å². The summed E-state index contributed by atoms with van der Waals surface area (Å²) in [5.41, 5.74) is 1.99. The first kappa shape index (κ1) is 10.4. The summed E-state index contributed by atoms with van der Waals surface area (Å²) in [7, 11) is 0. The van der Waals surface area contributed by atoms with Crippen molar-refractivity contribution in [3.8, 4) is 6.07 Å². The molecule has 0 atom stereocenters. The summed E-state index contributed by atoms with van der Waals surface area (Å²) in [4.78, 5) is 11.5. The number of hydrogen-bond acceptors (Lipinski definition) is 3. The molecule has 1 heterocycles. The molecule has 16 heavy (non-hydrogen) atoms. The van der Waals surface area contributed by atoms with Crippen molar-refractivity contribution in [2.45, 2.75) is 20.3 Å². The van der Waals surface area contributed by atoms with Crippen molar-refractivity contribution < 1.29 is 4.42 Å². The Morgan fingerprint density at radius 3 is 2.81 bits per heavy atom. The molecule has 1 aromatic carbocycles. The number of hydrogen-bond donors (Lipinski definition) is 0. The van der Waals surface area contributed by atoms with Crippen molar-refractivity contribution in [3.63, 3.8) is 0 Å². The number of benzene rings is 1. The predicted molar refractivity (Wildman–Crippen MR) is 61.3 cm³/mol. The topological polar surface area (TPSA) is 54.0 Å². The molecule has 3 nitrogen and oxygen atoms in total. The van der Waals surface area contributed by atoms with E-state index in [9.17, 15) is 4.79 Å². The van der Waals surface area contributed by atoms with E-state index in [0.717, 1.165) is 16.5 Å². The third-order valence-corrected chi connectivity index (χ3v) is 2.63. The van der Waals surface area contributed by atoms with E-state index in [1.165, 1.54) is 0 Å². The normalized spacial score (nSPS) is 10.3. The quantitative estimate of drug-likeness (QED) is 0.684. The molecule has 0 aliphatic carbocycles. The van der Waals surface area contributed by atoms with Gasteiger partial charge >= 0.3 is 5.63 Å². The van der Waals surface area contributed by atoms with Crippen molar-refractivity contribution in [1.29, 1.82) is 5.26 Å². The molecule has 0 radical (unpaired) electrons. The van der Waals surface area contributed by atoms with Crippen LogP contribution < -0.4 is 5.63 Å². The van der Waals surface area contributed by atoms with Crippen LogP contribution in [0.15, 0.2) is 27.4 Å². The van der Waals surface area contributed by atoms with E-state index in [1.807, 2.05) is 32.0 Å². The molecule has 80 valence electrons. The van der Waals surface area contributed by atoms with Crippen LogP contribution in [0.4, 0.5) is 0 Å². The Bertz CT molecular complexity index is 647. The minimum Gasteiger partial charge on any atom is -0.422 e. The van der Waals surface area contributed by atoms with Gasteiger partial charge in [0.1, 0.15) is 17.2 Å². The number of nitriles is 1. The summed E-state index contributed by atoms with van der Waals surface area (Å²) in [6.07, 6.45) is 0.647. The molecule has 0 N–H and O–H groups in total. The van der Waals surface area contributed by atoms with Crippen molar-refractivity contribution in [1.82, 2.24) is 0 Å². The zero-order valence-electron chi connectivity index (χ0n) is 9.20. The minimum absolute atomic E-state index is 0.126. The maximum Gasteiger partial charge on any atom is 0.354 e. The summed E-state index contributed by atoms with van der Waals surface area (Å²) in [6.45, 7) is 3.90. The third-order valence-electron chi connectivity index (χ3n) is 2.63. The van der Waals surface area contributed by atoms with Gasteiger partial charge in [0.25, 0.3) is 0 Å². The van der Waals surface area contributed by atoms with Crippen molar-refractivity contribution >= 4 is 11.0 Å². The molecule has 0 aliphatic rings. The van der Waals surface area contributed by atoms with E-state index in [4.69, 9.17) is 9.68 Å². The molecular formula is C13H11NO2. The molecular weight excluding hydrogens is 202 g/mol. The molecule has 2 aromatic rings. The Morgan fingerprint density at radius 2 is 2.19 bits per heavy atom. The second kappa shape index (κ2) is 3.82. The lowest BCUT2D eigenvalue weighted by Crippen LogP contribution is -2.08. The molecule has 3 heteroatoms. The zero-order chi connectivity index (χ0) is 11.7. The van der Waals surface area contributed by atoms with Gasteiger partial charge in [-0.2, -0.15) is 5.26 Å². The van der Waals surface area contributed by atoms with Gasteiger partial charge in [0.05, 0.1) is 0 Å². The average Bonchev–Trinajstić information content (AvgIpc) is 2.28. The van der Waals surface area contributed by atoms with E-state index in [-0.39, 0.29) is 5.56 Å². The molecule has 0 amide bonds. The molecule has 1 aromatic heterocycles. The fraction of sp³-hybridized carbons (Fsp3) is 0.231. The number of aryl methyl sites for hydroxylation is 2. The van der Waals surface area contributed by atoms with Gasteiger partial charge in [-0.15, -0.1) is 0 Å². The van der Waals surface area contributed by atoms with Crippen LogP contribution in [0.2, 0.25) is 0 Å². The van der Waals surface area contributed by atoms with Crippen LogP contribution in [0, 0.1) is 18.3 Å². The van der Waals surface area contributed by atoms with Crippen LogP contribution in [-0.4, -0.2) is 0 Å². The van der Waals surface area contributed by atoms with Crippen LogP contribution in [-0.2, 0) is 6.42 Å². The molecule has 2 rings (SSSR count). The van der Waals surface area contributed by atoms with Gasteiger partial charge in [-0.25, -0.2) is 4.79 Å². The maximum atomic E-state index is 11.5. The van der Waals surface area contributed by atoms with Crippen LogP contribution in [0.1, 0.15) is 23.6 Å². The molecule has 0 unspecified atom stereocenters. The van der Waals surface area contributed by atoms with E-state index in [1.54, 1.807) is 6.07 Å². The highest BCUT2D eigenvalue weighted by Gasteiger charge is 2.12. The Morgan fingerprint density at radius 1 is 1.44 bits per heavy atom. The van der Waals surface area contributed by atoms with Crippen LogP contribution >= 0.6 is 0 Å². The molecule has 0 spiro atoms. The largest absolute Gasteiger partial charge is 0.422 e. The highest BCUT2D eigenvalue weighted by molar-refractivity contribution is 5.82. The fourth-order valence-corrected chi connectivity index (χ4v) is 1.86. The first-order valence-electron chi connectivity index (χ1n) is 5.13. The van der Waals surface area contributed by atoms with Gasteiger partial charge in [0.2, 0.25) is 0 Å². The molecule has 0 fully saturated rings. The second-order valence-electron chi connectivity index (χ2n) is 3.71. The van der Waals surface area contributed by atoms with Gasteiger partial charge in [-0.3, -0.25) is 0 Å². The SMILES string of the molecule is CCc1c(C#N)c(=O)oc2ccc(C)cc12. The molecule has 0 aliphatic heterocycles. The summed E-state index contributed by atoms with van der Waals surface area (Å²) in [5.74, 6) is 0. The van der Waals surface area contributed by atoms with Crippen molar-refractivity contribution in [3.05, 3.63) is 45.3 Å². The number of rotatable bonds is 1. The first-order valence-corrected chi connectivity index (χ1v) is 5.13. The molecule has 0 saturated carbocycles. The predicted octanol–water partition coefficient (Wildman–Crippen LogP) is 2.54. The monoisotopic (exact) mass is 213 g/mol.